The summed E-state index contributed by atoms with van der Waals surface area (Å²) in [5.41, 5.74) is 7.74. The lowest BCUT2D eigenvalue weighted by Gasteiger charge is -2.10. The van der Waals surface area contributed by atoms with E-state index in [9.17, 15) is 14.4 Å². The van der Waals surface area contributed by atoms with E-state index in [0.717, 1.165) is 11.1 Å². The van der Waals surface area contributed by atoms with Gasteiger partial charge in [0.25, 0.3) is 5.91 Å². The molecular formula is C18H20N4O3. The lowest BCUT2D eigenvalue weighted by atomic mass is 10.0. The number of nitrogens with two attached hydrogens (primary N) is 1. The Bertz CT molecular complexity index is 789. The van der Waals surface area contributed by atoms with E-state index in [4.69, 9.17) is 5.73 Å². The predicted molar refractivity (Wildman–Crippen MR) is 93.3 cm³/mol. The lowest BCUT2D eigenvalue weighted by Crippen LogP contribution is -2.28. The van der Waals surface area contributed by atoms with Crippen LogP contribution in [0.1, 0.15) is 29.4 Å². The van der Waals surface area contributed by atoms with Gasteiger partial charge in [0.05, 0.1) is 0 Å². The largest absolute Gasteiger partial charge is 0.370 e. The summed E-state index contributed by atoms with van der Waals surface area (Å²) in [5.74, 6) is -0.961. The number of carbonyl (C=O) groups is 3. The Kier molecular flexibility index (Phi) is 6.22. The zero-order chi connectivity index (χ0) is 18.2. The van der Waals surface area contributed by atoms with Gasteiger partial charge in [-0.2, -0.15) is 0 Å². The maximum Gasteiger partial charge on any atom is 0.270 e. The summed E-state index contributed by atoms with van der Waals surface area (Å²) in [4.78, 5) is 38.3. The van der Waals surface area contributed by atoms with Crippen molar-refractivity contribution in [2.75, 3.05) is 6.54 Å². The number of nitrogens with one attached hydrogen (secondary N) is 2. The van der Waals surface area contributed by atoms with Gasteiger partial charge in [-0.05, 0) is 23.3 Å². The molecule has 0 saturated carbocycles. The van der Waals surface area contributed by atoms with Gasteiger partial charge in [-0.25, -0.2) is 0 Å². The highest BCUT2D eigenvalue weighted by Crippen LogP contribution is 2.23. The summed E-state index contributed by atoms with van der Waals surface area (Å²) in [6, 6.07) is 11.1. The van der Waals surface area contributed by atoms with Crippen LogP contribution in [-0.4, -0.2) is 29.3 Å². The first-order valence-corrected chi connectivity index (χ1v) is 7.82. The number of nitrogens with zero attached hydrogens (tertiary/aromatic N) is 1. The first-order chi connectivity index (χ1) is 12.0. The maximum atomic E-state index is 12.3. The molecule has 0 unspecified atom stereocenters. The third kappa shape index (κ3) is 5.42. The molecule has 2 rings (SSSR count). The van der Waals surface area contributed by atoms with E-state index in [1.54, 1.807) is 12.1 Å². The van der Waals surface area contributed by atoms with Crippen LogP contribution in [0, 0.1) is 0 Å². The SMILES string of the molecule is CC(=O)NCc1cccc(-c2cccnc2C(=O)NCCC(N)=O)c1. The molecule has 0 aliphatic carbocycles. The number of benzene rings is 1. The maximum absolute atomic E-state index is 12.3. The Labute approximate surface area is 145 Å². The topological polar surface area (TPSA) is 114 Å². The van der Waals surface area contributed by atoms with Gasteiger partial charge in [0, 0.05) is 38.2 Å². The average molecular weight is 340 g/mol. The molecule has 0 bridgehead atoms. The summed E-state index contributed by atoms with van der Waals surface area (Å²) in [6.07, 6.45) is 1.60. The Hall–Kier alpha value is -3.22. The standard InChI is InChI=1S/C18H20N4O3/c1-12(23)22-11-13-4-2-5-14(10-13)15-6-3-8-20-17(15)18(25)21-9-7-16(19)24/h2-6,8,10H,7,9,11H2,1H3,(H2,19,24)(H,21,25)(H,22,23). The monoisotopic (exact) mass is 340 g/mol. The first kappa shape index (κ1) is 18.1. The molecule has 25 heavy (non-hydrogen) atoms. The summed E-state index contributed by atoms with van der Waals surface area (Å²) >= 11 is 0. The molecule has 130 valence electrons. The van der Waals surface area contributed by atoms with E-state index in [1.807, 2.05) is 24.3 Å². The molecule has 2 aromatic rings. The van der Waals surface area contributed by atoms with E-state index >= 15 is 0 Å². The van der Waals surface area contributed by atoms with Crippen molar-refractivity contribution in [2.45, 2.75) is 19.9 Å². The zero-order valence-electron chi connectivity index (χ0n) is 13.9. The molecule has 0 aliphatic rings. The van der Waals surface area contributed by atoms with Gasteiger partial charge in [0.1, 0.15) is 5.69 Å². The molecule has 1 aromatic heterocycles. The highest BCUT2D eigenvalue weighted by atomic mass is 16.2. The average Bonchev–Trinajstić information content (AvgIpc) is 2.60. The second-order valence-corrected chi connectivity index (χ2v) is 5.48. The van der Waals surface area contributed by atoms with Crippen LogP contribution >= 0.6 is 0 Å². The number of hydrogen-bond acceptors (Lipinski definition) is 4. The molecule has 0 spiro atoms. The van der Waals surface area contributed by atoms with E-state index in [-0.39, 0.29) is 30.5 Å². The summed E-state index contributed by atoms with van der Waals surface area (Å²) in [7, 11) is 0. The van der Waals surface area contributed by atoms with E-state index in [1.165, 1.54) is 13.1 Å². The second kappa shape index (κ2) is 8.58. The summed E-state index contributed by atoms with van der Waals surface area (Å²) < 4.78 is 0. The number of amides is 3. The van der Waals surface area contributed by atoms with Crippen LogP contribution in [0.25, 0.3) is 11.1 Å². The van der Waals surface area contributed by atoms with Crippen LogP contribution in [0.5, 0.6) is 0 Å². The minimum atomic E-state index is -0.479. The van der Waals surface area contributed by atoms with Crippen LogP contribution in [0.3, 0.4) is 0 Å². The molecule has 0 atom stereocenters. The smallest absolute Gasteiger partial charge is 0.270 e. The highest BCUT2D eigenvalue weighted by Gasteiger charge is 2.14. The highest BCUT2D eigenvalue weighted by molar-refractivity contribution is 5.99. The summed E-state index contributed by atoms with van der Waals surface area (Å²) in [6.45, 7) is 2.02. The van der Waals surface area contributed by atoms with Crippen LogP contribution in [-0.2, 0) is 16.1 Å². The third-order valence-electron chi connectivity index (χ3n) is 3.46. The number of carbonyl (C=O) groups excluding carboxylic acids is 3. The number of rotatable bonds is 7. The van der Waals surface area contributed by atoms with Crippen molar-refractivity contribution in [2.24, 2.45) is 5.73 Å². The first-order valence-electron chi connectivity index (χ1n) is 7.82. The number of aromatic nitrogens is 1. The van der Waals surface area contributed by atoms with Gasteiger partial charge in [0.2, 0.25) is 11.8 Å². The number of pyridine rings is 1. The molecule has 3 amide bonds. The molecule has 1 heterocycles. The molecule has 1 aromatic carbocycles. The molecule has 7 heteroatoms. The fourth-order valence-corrected chi connectivity index (χ4v) is 2.28. The molecule has 0 aliphatic heterocycles. The fraction of sp³-hybridized carbons (Fsp3) is 0.222. The molecule has 0 saturated heterocycles. The Morgan fingerprint density at radius 2 is 1.92 bits per heavy atom. The molecule has 7 nitrogen and oxygen atoms in total. The van der Waals surface area contributed by atoms with Crippen molar-refractivity contribution in [3.05, 3.63) is 53.9 Å². The summed E-state index contributed by atoms with van der Waals surface area (Å²) in [5, 5.41) is 5.37. The van der Waals surface area contributed by atoms with E-state index in [0.29, 0.717) is 12.1 Å². The minimum Gasteiger partial charge on any atom is -0.370 e. The van der Waals surface area contributed by atoms with Crippen LogP contribution < -0.4 is 16.4 Å². The van der Waals surface area contributed by atoms with E-state index in [2.05, 4.69) is 15.6 Å². The minimum absolute atomic E-state index is 0.0696. The molecular weight excluding hydrogens is 320 g/mol. The van der Waals surface area contributed by atoms with E-state index < -0.39 is 5.91 Å². The van der Waals surface area contributed by atoms with Crippen molar-refractivity contribution < 1.29 is 14.4 Å². The zero-order valence-corrected chi connectivity index (χ0v) is 13.9. The van der Waals surface area contributed by atoms with Crippen molar-refractivity contribution >= 4 is 17.7 Å². The van der Waals surface area contributed by atoms with Crippen LogP contribution in [0.15, 0.2) is 42.6 Å². The Morgan fingerprint density at radius 1 is 1.12 bits per heavy atom. The van der Waals surface area contributed by atoms with Crippen molar-refractivity contribution in [1.82, 2.24) is 15.6 Å². The van der Waals surface area contributed by atoms with Crippen LogP contribution in [0.4, 0.5) is 0 Å². The lowest BCUT2D eigenvalue weighted by molar-refractivity contribution is -0.119. The molecule has 0 radical (unpaired) electrons. The molecule has 4 N–H and O–H groups in total. The normalized spacial score (nSPS) is 10.1. The van der Waals surface area contributed by atoms with Crippen LogP contribution in [0.2, 0.25) is 0 Å². The Morgan fingerprint density at radius 3 is 2.64 bits per heavy atom. The van der Waals surface area contributed by atoms with Gasteiger partial charge < -0.3 is 16.4 Å². The van der Waals surface area contributed by atoms with Gasteiger partial charge in [-0.1, -0.05) is 24.3 Å². The second-order valence-electron chi connectivity index (χ2n) is 5.48. The van der Waals surface area contributed by atoms with Gasteiger partial charge in [-0.15, -0.1) is 0 Å². The molecule has 0 fully saturated rings. The third-order valence-corrected chi connectivity index (χ3v) is 3.46. The van der Waals surface area contributed by atoms with Gasteiger partial charge in [-0.3, -0.25) is 19.4 Å². The quantitative estimate of drug-likeness (QED) is 0.697. The fourth-order valence-electron chi connectivity index (χ4n) is 2.28. The number of hydrogen-bond donors (Lipinski definition) is 3. The van der Waals surface area contributed by atoms with Crippen molar-refractivity contribution in [3.8, 4) is 11.1 Å². The van der Waals surface area contributed by atoms with Crippen molar-refractivity contribution in [3.63, 3.8) is 0 Å². The van der Waals surface area contributed by atoms with Gasteiger partial charge in [0.15, 0.2) is 0 Å². The van der Waals surface area contributed by atoms with Gasteiger partial charge >= 0.3 is 0 Å². The van der Waals surface area contributed by atoms with Crippen molar-refractivity contribution in [1.29, 1.82) is 0 Å². The predicted octanol–water partition coefficient (Wildman–Crippen LogP) is 0.990. The number of primary amides is 1. The Balaban J connectivity index is 2.22.